The van der Waals surface area contributed by atoms with Gasteiger partial charge in [-0.05, 0) is 25.5 Å². The summed E-state index contributed by atoms with van der Waals surface area (Å²) in [6, 6.07) is 2.63. The molecule has 0 bridgehead atoms. The van der Waals surface area contributed by atoms with Crippen molar-refractivity contribution in [2.45, 2.75) is 25.4 Å². The fraction of sp³-hybridized carbons (Fsp3) is 0.417. The zero-order valence-electron chi connectivity index (χ0n) is 10.4. The Kier molecular flexibility index (Phi) is 3.48. The molecular weight excluding hydrogens is 253 g/mol. The molecule has 1 heterocycles. The number of rotatable bonds is 2. The number of nitro groups is 1. The van der Waals surface area contributed by atoms with Crippen LogP contribution in [0.25, 0.3) is 0 Å². The highest BCUT2D eigenvalue weighted by Gasteiger charge is 2.34. The molecule has 0 aliphatic carbocycles. The molecule has 7 heteroatoms. The van der Waals surface area contributed by atoms with Crippen molar-refractivity contribution in [3.05, 3.63) is 39.7 Å². The van der Waals surface area contributed by atoms with E-state index in [9.17, 15) is 19.3 Å². The van der Waals surface area contributed by atoms with Crippen LogP contribution in [0.1, 0.15) is 23.7 Å². The van der Waals surface area contributed by atoms with Gasteiger partial charge in [-0.2, -0.15) is 0 Å². The minimum atomic E-state index is -0.753. The lowest BCUT2D eigenvalue weighted by Gasteiger charge is -2.23. The molecule has 19 heavy (non-hydrogen) atoms. The minimum Gasteiger partial charge on any atom is -0.334 e. The SMILES string of the molecule is CC1C(N)CCN1C(=O)c1ccc(F)cc1[N+](=O)[O-]. The maximum Gasteiger partial charge on any atom is 0.285 e. The maximum absolute atomic E-state index is 13.0. The lowest BCUT2D eigenvalue weighted by atomic mass is 10.1. The molecule has 1 aliphatic rings. The first-order chi connectivity index (χ1) is 8.91. The lowest BCUT2D eigenvalue weighted by Crippen LogP contribution is -2.40. The summed E-state index contributed by atoms with van der Waals surface area (Å²) in [5.74, 6) is -1.22. The predicted octanol–water partition coefficient (Wildman–Crippen LogP) is 1.30. The van der Waals surface area contributed by atoms with Gasteiger partial charge >= 0.3 is 0 Å². The van der Waals surface area contributed by atoms with Gasteiger partial charge < -0.3 is 10.6 Å². The van der Waals surface area contributed by atoms with Crippen molar-refractivity contribution >= 4 is 11.6 Å². The third-order valence-corrected chi connectivity index (χ3v) is 3.46. The smallest absolute Gasteiger partial charge is 0.285 e. The Morgan fingerprint density at radius 3 is 2.79 bits per heavy atom. The predicted molar refractivity (Wildman–Crippen MR) is 66.1 cm³/mol. The summed E-state index contributed by atoms with van der Waals surface area (Å²) >= 11 is 0. The van der Waals surface area contributed by atoms with Gasteiger partial charge in [-0.3, -0.25) is 14.9 Å². The van der Waals surface area contributed by atoms with E-state index in [0.29, 0.717) is 13.0 Å². The van der Waals surface area contributed by atoms with E-state index in [1.807, 2.05) is 0 Å². The number of carbonyl (C=O) groups excluding carboxylic acids is 1. The van der Waals surface area contributed by atoms with Gasteiger partial charge in [0.25, 0.3) is 11.6 Å². The number of nitrogens with two attached hydrogens (primary N) is 1. The van der Waals surface area contributed by atoms with Crippen LogP contribution >= 0.6 is 0 Å². The highest BCUT2D eigenvalue weighted by atomic mass is 19.1. The number of hydrogen-bond donors (Lipinski definition) is 1. The average molecular weight is 267 g/mol. The van der Waals surface area contributed by atoms with Gasteiger partial charge in [0.1, 0.15) is 11.4 Å². The van der Waals surface area contributed by atoms with E-state index in [-0.39, 0.29) is 17.6 Å². The number of carbonyl (C=O) groups is 1. The fourth-order valence-corrected chi connectivity index (χ4v) is 2.24. The Hall–Kier alpha value is -2.02. The van der Waals surface area contributed by atoms with E-state index in [1.165, 1.54) is 4.90 Å². The monoisotopic (exact) mass is 267 g/mol. The van der Waals surface area contributed by atoms with Crippen LogP contribution in [0.15, 0.2) is 18.2 Å². The number of nitrogens with zero attached hydrogens (tertiary/aromatic N) is 2. The molecule has 1 saturated heterocycles. The summed E-state index contributed by atoms with van der Waals surface area (Å²) in [6.07, 6.45) is 0.655. The average Bonchev–Trinajstić information content (AvgIpc) is 2.69. The van der Waals surface area contributed by atoms with Gasteiger partial charge in [-0.15, -0.1) is 0 Å². The van der Waals surface area contributed by atoms with Crippen molar-refractivity contribution in [2.75, 3.05) is 6.54 Å². The second kappa shape index (κ2) is 4.93. The Labute approximate surface area is 109 Å². The van der Waals surface area contributed by atoms with Crippen LogP contribution < -0.4 is 5.73 Å². The largest absolute Gasteiger partial charge is 0.334 e. The molecule has 1 aromatic carbocycles. The zero-order chi connectivity index (χ0) is 14.2. The molecular formula is C12H14FN3O3. The lowest BCUT2D eigenvalue weighted by molar-refractivity contribution is -0.385. The fourth-order valence-electron chi connectivity index (χ4n) is 2.24. The van der Waals surface area contributed by atoms with E-state index in [1.54, 1.807) is 6.92 Å². The number of nitro benzene ring substituents is 1. The van der Waals surface area contributed by atoms with Crippen LogP contribution in [-0.4, -0.2) is 34.4 Å². The number of amides is 1. The van der Waals surface area contributed by atoms with E-state index in [4.69, 9.17) is 5.73 Å². The number of hydrogen-bond acceptors (Lipinski definition) is 4. The summed E-state index contributed by atoms with van der Waals surface area (Å²) in [6.45, 7) is 2.25. The Morgan fingerprint density at radius 2 is 2.26 bits per heavy atom. The van der Waals surface area contributed by atoms with Gasteiger partial charge in [-0.25, -0.2) is 4.39 Å². The van der Waals surface area contributed by atoms with Gasteiger partial charge in [0.05, 0.1) is 11.0 Å². The normalized spacial score (nSPS) is 22.6. The molecule has 102 valence electrons. The Bertz CT molecular complexity index is 535. The van der Waals surface area contributed by atoms with Crippen LogP contribution in [0.4, 0.5) is 10.1 Å². The van der Waals surface area contributed by atoms with Crippen molar-refractivity contribution in [3.8, 4) is 0 Å². The first-order valence-corrected chi connectivity index (χ1v) is 5.92. The summed E-state index contributed by atoms with van der Waals surface area (Å²) < 4.78 is 13.0. The maximum atomic E-state index is 13.0. The number of halogens is 1. The van der Waals surface area contributed by atoms with E-state index < -0.39 is 22.3 Å². The van der Waals surface area contributed by atoms with Crippen molar-refractivity contribution in [3.63, 3.8) is 0 Å². The van der Waals surface area contributed by atoms with Crippen LogP contribution in [0.3, 0.4) is 0 Å². The van der Waals surface area contributed by atoms with Crippen LogP contribution in [0.5, 0.6) is 0 Å². The molecule has 2 N–H and O–H groups in total. The molecule has 0 saturated carbocycles. The quantitative estimate of drug-likeness (QED) is 0.646. The van der Waals surface area contributed by atoms with Crippen molar-refractivity contribution in [1.29, 1.82) is 0 Å². The summed E-state index contributed by atoms with van der Waals surface area (Å²) in [5, 5.41) is 10.9. The first kappa shape index (κ1) is 13.4. The molecule has 2 unspecified atom stereocenters. The third kappa shape index (κ3) is 2.41. The number of likely N-dealkylation sites (tertiary alicyclic amines) is 1. The molecule has 2 atom stereocenters. The van der Waals surface area contributed by atoms with Crippen LogP contribution in [0.2, 0.25) is 0 Å². The minimum absolute atomic E-state index is 0.104. The van der Waals surface area contributed by atoms with Gasteiger partial charge in [-0.1, -0.05) is 0 Å². The summed E-state index contributed by atoms with van der Waals surface area (Å²) in [4.78, 5) is 23.9. The molecule has 6 nitrogen and oxygen atoms in total. The molecule has 0 aromatic heterocycles. The second-order valence-electron chi connectivity index (χ2n) is 4.61. The molecule has 0 radical (unpaired) electrons. The van der Waals surface area contributed by atoms with Gasteiger partial charge in [0.15, 0.2) is 0 Å². The number of benzene rings is 1. The Balaban J connectivity index is 2.37. The molecule has 1 amide bonds. The van der Waals surface area contributed by atoms with Crippen molar-refractivity contribution in [2.24, 2.45) is 5.73 Å². The molecule has 2 rings (SSSR count). The molecule has 0 spiro atoms. The summed E-state index contributed by atoms with van der Waals surface area (Å²) in [5.41, 5.74) is 5.20. The standard InChI is InChI=1S/C12H14FN3O3/c1-7-10(14)4-5-15(7)12(17)9-3-2-8(13)6-11(9)16(18)19/h2-3,6-7,10H,4-5,14H2,1H3. The van der Waals surface area contributed by atoms with Crippen LogP contribution in [-0.2, 0) is 0 Å². The van der Waals surface area contributed by atoms with Gasteiger partial charge in [0, 0.05) is 18.6 Å². The highest BCUT2D eigenvalue weighted by Crippen LogP contribution is 2.25. The topological polar surface area (TPSA) is 89.5 Å². The third-order valence-electron chi connectivity index (χ3n) is 3.46. The highest BCUT2D eigenvalue weighted by molar-refractivity contribution is 5.98. The van der Waals surface area contributed by atoms with Crippen LogP contribution in [0, 0.1) is 15.9 Å². The van der Waals surface area contributed by atoms with Gasteiger partial charge in [0.2, 0.25) is 0 Å². The molecule has 1 fully saturated rings. The second-order valence-corrected chi connectivity index (χ2v) is 4.61. The first-order valence-electron chi connectivity index (χ1n) is 5.92. The van der Waals surface area contributed by atoms with E-state index >= 15 is 0 Å². The van der Waals surface area contributed by atoms with Crippen molar-refractivity contribution in [1.82, 2.24) is 4.90 Å². The van der Waals surface area contributed by atoms with E-state index in [2.05, 4.69) is 0 Å². The summed E-state index contributed by atoms with van der Waals surface area (Å²) in [7, 11) is 0. The molecule has 1 aromatic rings. The van der Waals surface area contributed by atoms with E-state index in [0.717, 1.165) is 18.2 Å². The molecule has 1 aliphatic heterocycles. The van der Waals surface area contributed by atoms with Crippen molar-refractivity contribution < 1.29 is 14.1 Å². The zero-order valence-corrected chi connectivity index (χ0v) is 10.4. The Morgan fingerprint density at radius 1 is 1.58 bits per heavy atom.